The molecule has 1 aliphatic heterocycles. The lowest BCUT2D eigenvalue weighted by atomic mass is 10.2. The lowest BCUT2D eigenvalue weighted by Gasteiger charge is -2.16. The second-order valence-electron chi connectivity index (χ2n) is 4.24. The number of halogens is 1. The van der Waals surface area contributed by atoms with Gasteiger partial charge in [-0.15, -0.1) is 0 Å². The maximum atomic E-state index is 12.3. The number of β-amino-alcohol motifs (C(OH)–C–C–N with tert-alkyl or cyclic N) is 1. The van der Waals surface area contributed by atoms with Gasteiger partial charge in [0.05, 0.1) is 11.0 Å². The maximum absolute atomic E-state index is 12.3. The summed E-state index contributed by atoms with van der Waals surface area (Å²) < 4.78 is 26.5. The molecular weight excluding hydrogens is 306 g/mol. The van der Waals surface area contributed by atoms with Crippen molar-refractivity contribution in [2.45, 2.75) is 24.3 Å². The van der Waals surface area contributed by atoms with Crippen LogP contribution in [0.2, 0.25) is 0 Å². The van der Waals surface area contributed by atoms with Crippen molar-refractivity contribution in [2.75, 3.05) is 13.1 Å². The number of aliphatic hydroxyl groups excluding tert-OH is 1. The van der Waals surface area contributed by atoms with E-state index in [1.165, 1.54) is 4.31 Å². The van der Waals surface area contributed by atoms with E-state index in [4.69, 9.17) is 0 Å². The van der Waals surface area contributed by atoms with Gasteiger partial charge in [0.25, 0.3) is 0 Å². The molecular formula is C11H14BrNO3S. The molecule has 1 aromatic rings. The molecule has 6 heteroatoms. The highest BCUT2D eigenvalue weighted by Crippen LogP contribution is 2.28. The van der Waals surface area contributed by atoms with Gasteiger partial charge >= 0.3 is 0 Å². The van der Waals surface area contributed by atoms with E-state index in [2.05, 4.69) is 15.9 Å². The minimum Gasteiger partial charge on any atom is -0.392 e. The van der Waals surface area contributed by atoms with Gasteiger partial charge in [-0.1, -0.05) is 6.07 Å². The van der Waals surface area contributed by atoms with E-state index in [1.807, 2.05) is 6.92 Å². The molecule has 0 saturated carbocycles. The molecule has 0 unspecified atom stereocenters. The number of aryl methyl sites for hydroxylation is 1. The van der Waals surface area contributed by atoms with Gasteiger partial charge in [-0.2, -0.15) is 4.31 Å². The molecule has 1 aliphatic rings. The van der Waals surface area contributed by atoms with Crippen molar-refractivity contribution in [3.05, 3.63) is 28.2 Å². The first-order valence-electron chi connectivity index (χ1n) is 5.35. The van der Waals surface area contributed by atoms with Crippen molar-refractivity contribution in [3.63, 3.8) is 0 Å². The lowest BCUT2D eigenvalue weighted by Crippen LogP contribution is -2.29. The van der Waals surface area contributed by atoms with Crippen LogP contribution in [0.3, 0.4) is 0 Å². The number of hydrogen-bond acceptors (Lipinski definition) is 3. The maximum Gasteiger partial charge on any atom is 0.244 e. The summed E-state index contributed by atoms with van der Waals surface area (Å²) in [4.78, 5) is 0.261. The number of benzene rings is 1. The molecule has 1 fully saturated rings. The van der Waals surface area contributed by atoms with E-state index in [0.29, 0.717) is 17.4 Å². The summed E-state index contributed by atoms with van der Waals surface area (Å²) in [6.07, 6.45) is -0.0445. The fraction of sp³-hybridized carbons (Fsp3) is 0.455. The van der Waals surface area contributed by atoms with Crippen LogP contribution in [0.5, 0.6) is 0 Å². The molecule has 17 heavy (non-hydrogen) atoms. The van der Waals surface area contributed by atoms with Crippen molar-refractivity contribution in [3.8, 4) is 0 Å². The summed E-state index contributed by atoms with van der Waals surface area (Å²) >= 11 is 3.28. The molecule has 0 aromatic heterocycles. The third-order valence-electron chi connectivity index (χ3n) is 2.83. The van der Waals surface area contributed by atoms with Gasteiger partial charge in [0, 0.05) is 17.6 Å². The van der Waals surface area contributed by atoms with Crippen LogP contribution in [0.15, 0.2) is 27.6 Å². The average Bonchev–Trinajstić information content (AvgIpc) is 2.64. The van der Waals surface area contributed by atoms with Crippen LogP contribution in [0.1, 0.15) is 12.0 Å². The Hall–Kier alpha value is -0.430. The normalized spacial score (nSPS) is 21.9. The first-order chi connectivity index (χ1) is 7.91. The fourth-order valence-electron chi connectivity index (χ4n) is 1.88. The van der Waals surface area contributed by atoms with Gasteiger partial charge in [-0.05, 0) is 47.0 Å². The summed E-state index contributed by atoms with van der Waals surface area (Å²) in [5, 5.41) is 9.41. The molecule has 0 radical (unpaired) electrons. The van der Waals surface area contributed by atoms with Gasteiger partial charge in [0.1, 0.15) is 0 Å². The van der Waals surface area contributed by atoms with Crippen LogP contribution in [-0.4, -0.2) is 37.0 Å². The van der Waals surface area contributed by atoms with E-state index in [9.17, 15) is 13.5 Å². The monoisotopic (exact) mass is 319 g/mol. The summed E-state index contributed by atoms with van der Waals surface area (Å²) in [5.74, 6) is 0. The molecule has 1 saturated heterocycles. The van der Waals surface area contributed by atoms with Crippen LogP contribution in [-0.2, 0) is 10.0 Å². The van der Waals surface area contributed by atoms with Crippen LogP contribution in [0.25, 0.3) is 0 Å². The van der Waals surface area contributed by atoms with Gasteiger partial charge in [0.2, 0.25) is 10.0 Å². The Balaban J connectivity index is 2.38. The van der Waals surface area contributed by atoms with Crippen LogP contribution < -0.4 is 0 Å². The molecule has 0 aliphatic carbocycles. The highest BCUT2D eigenvalue weighted by Gasteiger charge is 2.32. The zero-order valence-corrected chi connectivity index (χ0v) is 11.8. The van der Waals surface area contributed by atoms with E-state index < -0.39 is 16.1 Å². The molecule has 2 rings (SSSR count). The van der Waals surface area contributed by atoms with Gasteiger partial charge in [-0.3, -0.25) is 0 Å². The van der Waals surface area contributed by atoms with Crippen molar-refractivity contribution in [1.82, 2.24) is 4.31 Å². The molecule has 0 bridgehead atoms. The Bertz CT molecular complexity index is 530. The predicted octanol–water partition coefficient (Wildman–Crippen LogP) is 1.51. The largest absolute Gasteiger partial charge is 0.392 e. The second kappa shape index (κ2) is 4.68. The highest BCUT2D eigenvalue weighted by atomic mass is 79.9. The Morgan fingerprint density at radius 3 is 2.71 bits per heavy atom. The van der Waals surface area contributed by atoms with Crippen molar-refractivity contribution < 1.29 is 13.5 Å². The number of nitrogens with zero attached hydrogens (tertiary/aromatic N) is 1. The molecule has 1 aromatic carbocycles. The van der Waals surface area contributed by atoms with Crippen LogP contribution in [0.4, 0.5) is 0 Å². The Labute approximate surface area is 109 Å². The quantitative estimate of drug-likeness (QED) is 0.899. The van der Waals surface area contributed by atoms with Crippen LogP contribution >= 0.6 is 15.9 Å². The van der Waals surface area contributed by atoms with E-state index in [1.54, 1.807) is 18.2 Å². The molecule has 94 valence electrons. The Morgan fingerprint density at radius 2 is 2.18 bits per heavy atom. The second-order valence-corrected chi connectivity index (χ2v) is 7.00. The van der Waals surface area contributed by atoms with Crippen LogP contribution in [0, 0.1) is 6.92 Å². The molecule has 0 spiro atoms. The summed E-state index contributed by atoms with van der Waals surface area (Å²) in [7, 11) is -3.49. The Morgan fingerprint density at radius 1 is 1.47 bits per heavy atom. The van der Waals surface area contributed by atoms with Crippen molar-refractivity contribution in [1.29, 1.82) is 0 Å². The topological polar surface area (TPSA) is 57.6 Å². The lowest BCUT2D eigenvalue weighted by molar-refractivity contribution is 0.189. The third kappa shape index (κ3) is 2.54. The summed E-state index contributed by atoms with van der Waals surface area (Å²) in [6.45, 7) is 2.47. The van der Waals surface area contributed by atoms with Gasteiger partial charge in [0.15, 0.2) is 0 Å². The van der Waals surface area contributed by atoms with E-state index >= 15 is 0 Å². The van der Waals surface area contributed by atoms with E-state index in [-0.39, 0.29) is 11.4 Å². The molecule has 4 nitrogen and oxygen atoms in total. The molecule has 1 heterocycles. The highest BCUT2D eigenvalue weighted by molar-refractivity contribution is 9.10. The number of sulfonamides is 1. The smallest absolute Gasteiger partial charge is 0.244 e. The SMILES string of the molecule is Cc1ccc(S(=O)(=O)N2CC[C@@H](O)C2)c(Br)c1. The van der Waals surface area contributed by atoms with Crippen molar-refractivity contribution >= 4 is 26.0 Å². The average molecular weight is 320 g/mol. The Kier molecular flexibility index (Phi) is 3.58. The fourth-order valence-corrected chi connectivity index (χ4v) is 4.53. The summed E-state index contributed by atoms with van der Waals surface area (Å²) in [6, 6.07) is 5.14. The van der Waals surface area contributed by atoms with E-state index in [0.717, 1.165) is 5.56 Å². The third-order valence-corrected chi connectivity index (χ3v) is 5.67. The van der Waals surface area contributed by atoms with Crippen molar-refractivity contribution in [2.24, 2.45) is 0 Å². The molecule has 1 N–H and O–H groups in total. The standard InChI is InChI=1S/C11H14BrNO3S/c1-8-2-3-11(10(12)6-8)17(15,16)13-5-4-9(14)7-13/h2-3,6,9,14H,4-5,7H2,1H3/t9-/m1/s1. The summed E-state index contributed by atoms with van der Waals surface area (Å²) in [5.41, 5.74) is 0.997. The van der Waals surface area contributed by atoms with Gasteiger partial charge < -0.3 is 5.11 Å². The zero-order chi connectivity index (χ0) is 12.6. The number of hydrogen-bond donors (Lipinski definition) is 1. The zero-order valence-electron chi connectivity index (χ0n) is 9.43. The first kappa shape index (κ1) is 13.0. The van der Waals surface area contributed by atoms with Gasteiger partial charge in [-0.25, -0.2) is 8.42 Å². The minimum atomic E-state index is -3.49. The predicted molar refractivity (Wildman–Crippen MR) is 68.3 cm³/mol. The molecule has 0 amide bonds. The number of aliphatic hydroxyl groups is 1. The minimum absolute atomic E-state index is 0.183. The number of rotatable bonds is 2. The molecule has 1 atom stereocenters. The first-order valence-corrected chi connectivity index (χ1v) is 7.59.